The van der Waals surface area contributed by atoms with Gasteiger partial charge in [0.2, 0.25) is 10.0 Å². The van der Waals surface area contributed by atoms with E-state index in [-0.39, 0.29) is 16.5 Å². The summed E-state index contributed by atoms with van der Waals surface area (Å²) in [6.45, 7) is 3.46. The SMILES string of the molecule is COc1ccc2nc(NC(=O)c3cccc(S(=O)(=O)NC(C)C)c3)sc2c1. The lowest BCUT2D eigenvalue weighted by atomic mass is 10.2. The molecule has 27 heavy (non-hydrogen) atoms. The molecule has 3 rings (SSSR count). The number of nitrogens with zero attached hydrogens (tertiary/aromatic N) is 1. The minimum absolute atomic E-state index is 0.0397. The van der Waals surface area contributed by atoms with Crippen molar-refractivity contribution in [1.82, 2.24) is 9.71 Å². The molecule has 0 bridgehead atoms. The van der Waals surface area contributed by atoms with Gasteiger partial charge in [0.25, 0.3) is 5.91 Å². The van der Waals surface area contributed by atoms with Gasteiger partial charge in [-0.05, 0) is 50.2 Å². The Balaban J connectivity index is 1.83. The molecule has 0 saturated heterocycles. The van der Waals surface area contributed by atoms with Gasteiger partial charge >= 0.3 is 0 Å². The van der Waals surface area contributed by atoms with Crippen molar-refractivity contribution in [2.75, 3.05) is 12.4 Å². The van der Waals surface area contributed by atoms with E-state index in [9.17, 15) is 13.2 Å². The van der Waals surface area contributed by atoms with E-state index >= 15 is 0 Å². The van der Waals surface area contributed by atoms with Gasteiger partial charge in [-0.1, -0.05) is 17.4 Å². The Kier molecular flexibility index (Phi) is 5.45. The number of aromatic nitrogens is 1. The summed E-state index contributed by atoms with van der Waals surface area (Å²) in [4.78, 5) is 16.9. The highest BCUT2D eigenvalue weighted by Gasteiger charge is 2.18. The number of nitrogens with one attached hydrogen (secondary N) is 2. The summed E-state index contributed by atoms with van der Waals surface area (Å²) in [7, 11) is -2.09. The number of rotatable bonds is 6. The molecule has 0 aliphatic carbocycles. The summed E-state index contributed by atoms with van der Waals surface area (Å²) in [5.74, 6) is 0.280. The van der Waals surface area contributed by atoms with Crippen molar-refractivity contribution in [2.45, 2.75) is 24.8 Å². The predicted molar refractivity (Wildman–Crippen MR) is 106 cm³/mol. The number of methoxy groups -OCH3 is 1. The topological polar surface area (TPSA) is 97.4 Å². The lowest BCUT2D eigenvalue weighted by Crippen LogP contribution is -2.30. The number of sulfonamides is 1. The fourth-order valence-corrected chi connectivity index (χ4v) is 4.62. The van der Waals surface area contributed by atoms with Crippen molar-refractivity contribution >= 4 is 42.6 Å². The van der Waals surface area contributed by atoms with E-state index in [1.807, 2.05) is 12.1 Å². The van der Waals surface area contributed by atoms with Gasteiger partial charge in [0.15, 0.2) is 5.13 Å². The number of anilines is 1. The van der Waals surface area contributed by atoms with E-state index in [2.05, 4.69) is 15.0 Å². The van der Waals surface area contributed by atoms with Crippen LogP contribution >= 0.6 is 11.3 Å². The highest BCUT2D eigenvalue weighted by molar-refractivity contribution is 7.89. The molecule has 2 N–H and O–H groups in total. The fraction of sp³-hybridized carbons (Fsp3) is 0.222. The van der Waals surface area contributed by atoms with Crippen molar-refractivity contribution < 1.29 is 17.9 Å². The molecule has 0 fully saturated rings. The van der Waals surface area contributed by atoms with E-state index in [1.165, 1.54) is 29.5 Å². The quantitative estimate of drug-likeness (QED) is 0.656. The van der Waals surface area contributed by atoms with Crippen LogP contribution < -0.4 is 14.8 Å². The van der Waals surface area contributed by atoms with Crippen LogP contribution in [0, 0.1) is 0 Å². The maximum atomic E-state index is 12.5. The maximum absolute atomic E-state index is 12.5. The average Bonchev–Trinajstić information content (AvgIpc) is 3.01. The minimum atomic E-state index is -3.67. The highest BCUT2D eigenvalue weighted by atomic mass is 32.2. The van der Waals surface area contributed by atoms with Crippen LogP contribution in [0.1, 0.15) is 24.2 Å². The van der Waals surface area contributed by atoms with Crippen LogP contribution in [0.3, 0.4) is 0 Å². The van der Waals surface area contributed by atoms with Crippen LogP contribution in [0.25, 0.3) is 10.2 Å². The molecule has 3 aromatic rings. The monoisotopic (exact) mass is 405 g/mol. The Morgan fingerprint density at radius 2 is 1.96 bits per heavy atom. The van der Waals surface area contributed by atoms with Gasteiger partial charge in [0, 0.05) is 11.6 Å². The first-order valence-electron chi connectivity index (χ1n) is 8.17. The number of carbonyl (C=O) groups is 1. The number of hydrogen-bond donors (Lipinski definition) is 2. The van der Waals surface area contributed by atoms with Gasteiger partial charge in [-0.2, -0.15) is 0 Å². The molecular formula is C18H19N3O4S2. The first-order chi connectivity index (χ1) is 12.8. The summed E-state index contributed by atoms with van der Waals surface area (Å²) in [5, 5.41) is 3.14. The Labute approximate surface area is 161 Å². The van der Waals surface area contributed by atoms with Crippen molar-refractivity contribution in [3.8, 4) is 5.75 Å². The Hall–Kier alpha value is -2.49. The van der Waals surface area contributed by atoms with Gasteiger partial charge < -0.3 is 4.74 Å². The molecule has 0 aliphatic rings. The van der Waals surface area contributed by atoms with Crippen LogP contribution in [0.2, 0.25) is 0 Å². The molecule has 1 heterocycles. The third-order valence-corrected chi connectivity index (χ3v) is 6.20. The molecule has 0 aliphatic heterocycles. The lowest BCUT2D eigenvalue weighted by molar-refractivity contribution is 0.102. The molecule has 0 atom stereocenters. The number of hydrogen-bond acceptors (Lipinski definition) is 6. The largest absolute Gasteiger partial charge is 0.497 e. The molecule has 142 valence electrons. The number of amides is 1. The smallest absolute Gasteiger partial charge is 0.257 e. The van der Waals surface area contributed by atoms with Crippen molar-refractivity contribution in [3.63, 3.8) is 0 Å². The van der Waals surface area contributed by atoms with Crippen LogP contribution in [0.5, 0.6) is 5.75 Å². The first kappa shape index (κ1) is 19.3. The van der Waals surface area contributed by atoms with Gasteiger partial charge in [-0.25, -0.2) is 18.1 Å². The van der Waals surface area contributed by atoms with Gasteiger partial charge in [0.1, 0.15) is 5.75 Å². The van der Waals surface area contributed by atoms with E-state index in [4.69, 9.17) is 4.74 Å². The molecule has 0 unspecified atom stereocenters. The third kappa shape index (κ3) is 4.44. The van der Waals surface area contributed by atoms with Crippen LogP contribution in [0.15, 0.2) is 47.4 Å². The molecule has 1 amide bonds. The molecule has 2 aromatic carbocycles. The number of fused-ring (bicyclic) bond motifs is 1. The van der Waals surface area contributed by atoms with Gasteiger partial charge in [0.05, 0.1) is 22.2 Å². The molecule has 7 nitrogen and oxygen atoms in total. The molecular weight excluding hydrogens is 386 g/mol. The molecule has 9 heteroatoms. The van der Waals surface area contributed by atoms with Crippen molar-refractivity contribution in [3.05, 3.63) is 48.0 Å². The average molecular weight is 406 g/mol. The zero-order valence-electron chi connectivity index (χ0n) is 15.0. The van der Waals surface area contributed by atoms with E-state index in [0.717, 1.165) is 10.2 Å². The zero-order chi connectivity index (χ0) is 19.6. The second-order valence-corrected chi connectivity index (χ2v) is 8.86. The number of ether oxygens (including phenoxy) is 1. The van der Waals surface area contributed by atoms with Crippen molar-refractivity contribution in [2.24, 2.45) is 0 Å². The Morgan fingerprint density at radius 1 is 1.19 bits per heavy atom. The van der Waals surface area contributed by atoms with Crippen molar-refractivity contribution in [1.29, 1.82) is 0 Å². The first-order valence-corrected chi connectivity index (χ1v) is 10.5. The summed E-state index contributed by atoms with van der Waals surface area (Å²) >= 11 is 1.31. The van der Waals surface area contributed by atoms with Crippen LogP contribution in [-0.2, 0) is 10.0 Å². The molecule has 1 aromatic heterocycles. The number of thiazole rings is 1. The Bertz CT molecular complexity index is 1090. The maximum Gasteiger partial charge on any atom is 0.257 e. The minimum Gasteiger partial charge on any atom is -0.497 e. The highest BCUT2D eigenvalue weighted by Crippen LogP contribution is 2.29. The molecule has 0 radical (unpaired) electrons. The second kappa shape index (κ2) is 7.63. The third-order valence-electron chi connectivity index (χ3n) is 3.61. The summed E-state index contributed by atoms with van der Waals surface area (Å²) in [6, 6.07) is 11.1. The van der Waals surface area contributed by atoms with Gasteiger partial charge in [-0.3, -0.25) is 10.1 Å². The van der Waals surface area contributed by atoms with Gasteiger partial charge in [-0.15, -0.1) is 0 Å². The second-order valence-electron chi connectivity index (χ2n) is 6.11. The summed E-state index contributed by atoms with van der Waals surface area (Å²) in [6.07, 6.45) is 0. The number of benzene rings is 2. The predicted octanol–water partition coefficient (Wildman–Crippen LogP) is 3.24. The van der Waals surface area contributed by atoms with Crippen LogP contribution in [-0.4, -0.2) is 32.5 Å². The normalized spacial score (nSPS) is 11.7. The number of carbonyl (C=O) groups excluding carboxylic acids is 1. The molecule has 0 spiro atoms. The fourth-order valence-electron chi connectivity index (χ4n) is 2.44. The standard InChI is InChI=1S/C18H19N3O4S2/c1-11(2)21-27(23,24)14-6-4-5-12(9-14)17(22)20-18-19-15-8-7-13(25-3)10-16(15)26-18/h4-11,21H,1-3H3,(H,19,20,22). The lowest BCUT2D eigenvalue weighted by Gasteiger charge is -2.10. The van der Waals surface area contributed by atoms with E-state index in [0.29, 0.717) is 10.9 Å². The Morgan fingerprint density at radius 3 is 2.67 bits per heavy atom. The molecule has 0 saturated carbocycles. The van der Waals surface area contributed by atoms with Crippen LogP contribution in [0.4, 0.5) is 5.13 Å². The zero-order valence-corrected chi connectivity index (χ0v) is 16.6. The van der Waals surface area contributed by atoms with E-state index in [1.54, 1.807) is 33.1 Å². The summed E-state index contributed by atoms with van der Waals surface area (Å²) < 4.78 is 33.1. The van der Waals surface area contributed by atoms with E-state index < -0.39 is 15.9 Å². The summed E-state index contributed by atoms with van der Waals surface area (Å²) in [5.41, 5.74) is 0.979.